The predicted octanol–water partition coefficient (Wildman–Crippen LogP) is 2.88. The van der Waals surface area contributed by atoms with E-state index >= 15 is 0 Å². The number of anilines is 1. The fourth-order valence-electron chi connectivity index (χ4n) is 1.64. The number of amidine groups is 1. The van der Waals surface area contributed by atoms with Gasteiger partial charge in [-0.15, -0.1) is 0 Å². The number of hydrogen-bond donors (Lipinski definition) is 3. The maximum Gasteiger partial charge on any atom is 0.416 e. The van der Waals surface area contributed by atoms with E-state index in [1.165, 1.54) is 17.0 Å². The molecule has 0 saturated carbocycles. The molecule has 0 bridgehead atoms. The zero-order valence-electron chi connectivity index (χ0n) is 11.7. The first-order valence-electron chi connectivity index (χ1n) is 6.19. The minimum Gasteiger partial charge on any atom is -0.386 e. The predicted molar refractivity (Wildman–Crippen MR) is 74.2 cm³/mol. The van der Waals surface area contributed by atoms with Crippen LogP contribution in [0.5, 0.6) is 0 Å². The number of alkyl halides is 3. The molecule has 21 heavy (non-hydrogen) atoms. The molecule has 0 saturated heterocycles. The van der Waals surface area contributed by atoms with Crippen LogP contribution in [0.4, 0.5) is 23.7 Å². The summed E-state index contributed by atoms with van der Waals surface area (Å²) in [5, 5.41) is 9.59. The third-order valence-electron chi connectivity index (χ3n) is 2.67. The Labute approximate surface area is 120 Å². The van der Waals surface area contributed by atoms with Crippen LogP contribution >= 0.6 is 0 Å². The van der Waals surface area contributed by atoms with Crippen molar-refractivity contribution < 1.29 is 18.0 Å². The number of urea groups is 1. The van der Waals surface area contributed by atoms with Crippen molar-refractivity contribution >= 4 is 17.6 Å². The number of nitrogens with zero attached hydrogens (tertiary/aromatic N) is 1. The molecule has 2 amide bonds. The summed E-state index contributed by atoms with van der Waals surface area (Å²) in [6, 6.07) is 3.48. The highest BCUT2D eigenvalue weighted by molar-refractivity contribution is 5.92. The zero-order valence-corrected chi connectivity index (χ0v) is 11.7. The van der Waals surface area contributed by atoms with Crippen LogP contribution in [-0.2, 0) is 6.18 Å². The SMILES string of the molecule is CC(C)N(CC(=N)N)C(=O)Nc1cccc(C(F)(F)F)c1. The van der Waals surface area contributed by atoms with Gasteiger partial charge >= 0.3 is 12.2 Å². The number of halogens is 3. The Bertz CT molecular complexity index is 528. The number of nitrogens with two attached hydrogens (primary N) is 1. The molecule has 1 aromatic rings. The number of rotatable bonds is 4. The molecule has 0 fully saturated rings. The summed E-state index contributed by atoms with van der Waals surface area (Å²) in [4.78, 5) is 13.3. The molecule has 0 unspecified atom stereocenters. The van der Waals surface area contributed by atoms with Gasteiger partial charge in [-0.1, -0.05) is 6.07 Å². The fraction of sp³-hybridized carbons (Fsp3) is 0.385. The van der Waals surface area contributed by atoms with Gasteiger partial charge in [-0.2, -0.15) is 13.2 Å². The van der Waals surface area contributed by atoms with E-state index in [0.29, 0.717) is 0 Å². The van der Waals surface area contributed by atoms with Crippen LogP contribution < -0.4 is 11.1 Å². The summed E-state index contributed by atoms with van der Waals surface area (Å²) in [7, 11) is 0. The molecule has 1 rings (SSSR count). The molecule has 0 heterocycles. The molecule has 5 nitrogen and oxygen atoms in total. The molecule has 0 aromatic heterocycles. The fourth-order valence-corrected chi connectivity index (χ4v) is 1.64. The van der Waals surface area contributed by atoms with Crippen molar-refractivity contribution in [2.45, 2.75) is 26.1 Å². The first-order valence-corrected chi connectivity index (χ1v) is 6.19. The molecule has 0 aliphatic heterocycles. The van der Waals surface area contributed by atoms with Gasteiger partial charge < -0.3 is 16.0 Å². The Morgan fingerprint density at radius 1 is 1.43 bits per heavy atom. The van der Waals surface area contributed by atoms with E-state index in [2.05, 4.69) is 5.32 Å². The lowest BCUT2D eigenvalue weighted by molar-refractivity contribution is -0.137. The van der Waals surface area contributed by atoms with Gasteiger partial charge in [-0.25, -0.2) is 4.79 Å². The number of benzene rings is 1. The zero-order chi connectivity index (χ0) is 16.2. The summed E-state index contributed by atoms with van der Waals surface area (Å²) < 4.78 is 37.8. The quantitative estimate of drug-likeness (QED) is 0.590. The Kier molecular flexibility index (Phi) is 5.17. The number of hydrogen-bond acceptors (Lipinski definition) is 2. The summed E-state index contributed by atoms with van der Waals surface area (Å²) in [6.45, 7) is 3.34. The number of carbonyl (C=O) groups is 1. The monoisotopic (exact) mass is 302 g/mol. The van der Waals surface area contributed by atoms with Gasteiger partial charge in [0.2, 0.25) is 0 Å². The average molecular weight is 302 g/mol. The molecule has 0 spiro atoms. The van der Waals surface area contributed by atoms with Gasteiger partial charge in [-0.3, -0.25) is 5.41 Å². The second kappa shape index (κ2) is 6.47. The van der Waals surface area contributed by atoms with Crippen LogP contribution in [0.15, 0.2) is 24.3 Å². The van der Waals surface area contributed by atoms with Crippen molar-refractivity contribution in [1.29, 1.82) is 5.41 Å². The highest BCUT2D eigenvalue weighted by atomic mass is 19.4. The number of nitrogens with one attached hydrogen (secondary N) is 2. The molecule has 0 atom stereocenters. The summed E-state index contributed by atoms with van der Waals surface area (Å²) in [5.74, 6) is -0.206. The standard InChI is InChI=1S/C13H17F3N4O/c1-8(2)20(7-11(17)18)12(21)19-10-5-3-4-9(6-10)13(14,15)16/h3-6,8H,7H2,1-2H3,(H3,17,18)(H,19,21). The van der Waals surface area contributed by atoms with Crippen LogP contribution in [-0.4, -0.2) is 29.4 Å². The van der Waals surface area contributed by atoms with Crippen LogP contribution in [0.2, 0.25) is 0 Å². The normalized spacial score (nSPS) is 11.3. The lowest BCUT2D eigenvalue weighted by Gasteiger charge is -2.26. The first kappa shape index (κ1) is 16.8. The molecule has 0 aliphatic rings. The summed E-state index contributed by atoms with van der Waals surface area (Å²) in [6.07, 6.45) is -4.47. The molecule has 0 radical (unpaired) electrons. The molecule has 1 aromatic carbocycles. The maximum atomic E-state index is 12.6. The third kappa shape index (κ3) is 4.97. The molecular formula is C13H17F3N4O. The van der Waals surface area contributed by atoms with E-state index in [1.54, 1.807) is 13.8 Å². The number of carbonyl (C=O) groups excluding carboxylic acids is 1. The summed E-state index contributed by atoms with van der Waals surface area (Å²) in [5.41, 5.74) is 4.44. The lowest BCUT2D eigenvalue weighted by Crippen LogP contribution is -2.44. The van der Waals surface area contributed by atoms with Crippen LogP contribution in [0.3, 0.4) is 0 Å². The van der Waals surface area contributed by atoms with E-state index < -0.39 is 17.8 Å². The van der Waals surface area contributed by atoms with Gasteiger partial charge in [0, 0.05) is 11.7 Å². The first-order chi connectivity index (χ1) is 9.61. The van der Waals surface area contributed by atoms with Gasteiger partial charge in [0.25, 0.3) is 0 Å². The van der Waals surface area contributed by atoms with Gasteiger partial charge in [0.05, 0.1) is 12.1 Å². The Morgan fingerprint density at radius 3 is 2.52 bits per heavy atom. The van der Waals surface area contributed by atoms with Crippen LogP contribution in [0.1, 0.15) is 19.4 Å². The van der Waals surface area contributed by atoms with E-state index in [9.17, 15) is 18.0 Å². The Morgan fingerprint density at radius 2 is 2.05 bits per heavy atom. The highest BCUT2D eigenvalue weighted by Crippen LogP contribution is 2.30. The molecule has 116 valence electrons. The molecular weight excluding hydrogens is 285 g/mol. The molecule has 8 heteroatoms. The molecule has 4 N–H and O–H groups in total. The topological polar surface area (TPSA) is 82.2 Å². The van der Waals surface area contributed by atoms with Crippen molar-refractivity contribution in [2.24, 2.45) is 5.73 Å². The van der Waals surface area contributed by atoms with Crippen molar-refractivity contribution in [3.8, 4) is 0 Å². The minimum atomic E-state index is -4.47. The second-order valence-corrected chi connectivity index (χ2v) is 4.76. The van der Waals surface area contributed by atoms with Gasteiger partial charge in [-0.05, 0) is 32.0 Å². The van der Waals surface area contributed by atoms with E-state index in [0.717, 1.165) is 12.1 Å². The van der Waals surface area contributed by atoms with Gasteiger partial charge in [0.1, 0.15) is 5.84 Å². The highest BCUT2D eigenvalue weighted by Gasteiger charge is 2.30. The average Bonchev–Trinajstić information content (AvgIpc) is 2.34. The van der Waals surface area contributed by atoms with Crippen LogP contribution in [0, 0.1) is 5.41 Å². The van der Waals surface area contributed by atoms with Crippen molar-refractivity contribution in [1.82, 2.24) is 4.90 Å². The van der Waals surface area contributed by atoms with Crippen LogP contribution in [0.25, 0.3) is 0 Å². The van der Waals surface area contributed by atoms with E-state index in [1.807, 2.05) is 0 Å². The second-order valence-electron chi connectivity index (χ2n) is 4.76. The van der Waals surface area contributed by atoms with E-state index in [4.69, 9.17) is 11.1 Å². The maximum absolute atomic E-state index is 12.6. The smallest absolute Gasteiger partial charge is 0.386 e. The lowest BCUT2D eigenvalue weighted by atomic mass is 10.2. The van der Waals surface area contributed by atoms with Crippen molar-refractivity contribution in [3.63, 3.8) is 0 Å². The minimum absolute atomic E-state index is 0.0315. The van der Waals surface area contributed by atoms with Crippen molar-refractivity contribution in [3.05, 3.63) is 29.8 Å². The third-order valence-corrected chi connectivity index (χ3v) is 2.67. The largest absolute Gasteiger partial charge is 0.416 e. The molecule has 0 aliphatic carbocycles. The Hall–Kier alpha value is -2.25. The van der Waals surface area contributed by atoms with E-state index in [-0.39, 0.29) is 24.1 Å². The Balaban J connectivity index is 2.89. The van der Waals surface area contributed by atoms with Crippen molar-refractivity contribution in [2.75, 3.05) is 11.9 Å². The number of amides is 2. The summed E-state index contributed by atoms with van der Waals surface area (Å²) >= 11 is 0. The van der Waals surface area contributed by atoms with Gasteiger partial charge in [0.15, 0.2) is 0 Å².